The first kappa shape index (κ1) is 12.7. The topological polar surface area (TPSA) is 44.1 Å². The Morgan fingerprint density at radius 2 is 2.31 bits per heavy atom. The Bertz CT molecular complexity index is 378. The molecule has 0 aromatic carbocycles. The summed E-state index contributed by atoms with van der Waals surface area (Å²) in [6.07, 6.45) is 0.486. The van der Waals surface area contributed by atoms with Gasteiger partial charge in [0.15, 0.2) is 6.04 Å². The lowest BCUT2D eigenvalue weighted by atomic mass is 10.1. The van der Waals surface area contributed by atoms with Gasteiger partial charge in [-0.3, -0.25) is 4.79 Å². The van der Waals surface area contributed by atoms with Crippen LogP contribution in [0, 0.1) is 17.2 Å². The lowest BCUT2D eigenvalue weighted by molar-refractivity contribution is -0.131. The van der Waals surface area contributed by atoms with E-state index in [0.717, 1.165) is 4.88 Å². The third kappa shape index (κ3) is 3.07. The SMILES string of the molecule is CC(C)CC(=O)N(C)C(C#N)c1cccs1. The molecule has 0 saturated heterocycles. The first-order valence-electron chi connectivity index (χ1n) is 5.25. The van der Waals surface area contributed by atoms with Gasteiger partial charge in [0.25, 0.3) is 0 Å². The minimum atomic E-state index is -0.453. The van der Waals surface area contributed by atoms with Gasteiger partial charge >= 0.3 is 0 Å². The molecule has 1 unspecified atom stereocenters. The summed E-state index contributed by atoms with van der Waals surface area (Å²) in [5.41, 5.74) is 0. The van der Waals surface area contributed by atoms with Crippen LogP contribution >= 0.6 is 11.3 Å². The molecule has 1 aromatic rings. The molecular weight excluding hydrogens is 220 g/mol. The van der Waals surface area contributed by atoms with Crippen LogP contribution in [-0.2, 0) is 4.79 Å². The zero-order valence-electron chi connectivity index (χ0n) is 9.80. The Hall–Kier alpha value is -1.34. The Kier molecular flexibility index (Phi) is 4.51. The number of carbonyl (C=O) groups is 1. The normalized spacial score (nSPS) is 12.2. The number of carbonyl (C=O) groups excluding carboxylic acids is 1. The van der Waals surface area contributed by atoms with Crippen molar-refractivity contribution in [2.24, 2.45) is 5.92 Å². The van der Waals surface area contributed by atoms with Gasteiger partial charge in [-0.15, -0.1) is 11.3 Å². The fraction of sp³-hybridized carbons (Fsp3) is 0.500. The maximum Gasteiger partial charge on any atom is 0.223 e. The molecule has 1 amide bonds. The number of amides is 1. The maximum atomic E-state index is 11.8. The monoisotopic (exact) mass is 236 g/mol. The van der Waals surface area contributed by atoms with Gasteiger partial charge in [-0.25, -0.2) is 0 Å². The van der Waals surface area contributed by atoms with E-state index in [0.29, 0.717) is 12.3 Å². The molecule has 4 heteroatoms. The Morgan fingerprint density at radius 3 is 2.75 bits per heavy atom. The molecule has 0 fully saturated rings. The molecule has 86 valence electrons. The van der Waals surface area contributed by atoms with E-state index in [1.165, 1.54) is 16.2 Å². The van der Waals surface area contributed by atoms with Crippen molar-refractivity contribution < 1.29 is 4.79 Å². The van der Waals surface area contributed by atoms with Gasteiger partial charge in [-0.2, -0.15) is 5.26 Å². The van der Waals surface area contributed by atoms with Crippen LogP contribution in [0.15, 0.2) is 17.5 Å². The largest absolute Gasteiger partial charge is 0.325 e. The van der Waals surface area contributed by atoms with Gasteiger partial charge < -0.3 is 4.90 Å². The first-order chi connectivity index (χ1) is 7.56. The molecule has 0 N–H and O–H groups in total. The fourth-order valence-corrected chi connectivity index (χ4v) is 2.24. The van der Waals surface area contributed by atoms with Crippen molar-refractivity contribution in [1.82, 2.24) is 4.90 Å². The quantitative estimate of drug-likeness (QED) is 0.806. The molecule has 1 atom stereocenters. The van der Waals surface area contributed by atoms with Gasteiger partial charge in [0.1, 0.15) is 0 Å². The number of nitrogens with zero attached hydrogens (tertiary/aromatic N) is 2. The molecular formula is C12H16N2OS. The fourth-order valence-electron chi connectivity index (χ4n) is 1.43. The minimum absolute atomic E-state index is 0.0231. The smallest absolute Gasteiger partial charge is 0.223 e. The molecule has 0 bridgehead atoms. The molecule has 0 aliphatic carbocycles. The average Bonchev–Trinajstić information content (AvgIpc) is 2.71. The lowest BCUT2D eigenvalue weighted by Crippen LogP contribution is -2.30. The highest BCUT2D eigenvalue weighted by molar-refractivity contribution is 7.10. The summed E-state index contributed by atoms with van der Waals surface area (Å²) in [7, 11) is 1.69. The summed E-state index contributed by atoms with van der Waals surface area (Å²) in [5.74, 6) is 0.340. The molecule has 0 spiro atoms. The summed E-state index contributed by atoms with van der Waals surface area (Å²) in [6.45, 7) is 4.00. The van der Waals surface area contributed by atoms with E-state index < -0.39 is 6.04 Å². The second-order valence-electron chi connectivity index (χ2n) is 4.15. The number of hydrogen-bond donors (Lipinski definition) is 0. The van der Waals surface area contributed by atoms with Crippen molar-refractivity contribution in [3.8, 4) is 6.07 Å². The zero-order valence-corrected chi connectivity index (χ0v) is 10.6. The summed E-state index contributed by atoms with van der Waals surface area (Å²) < 4.78 is 0. The molecule has 0 aliphatic heterocycles. The van der Waals surface area contributed by atoms with Crippen LogP contribution in [0.1, 0.15) is 31.2 Å². The van der Waals surface area contributed by atoms with Crippen molar-refractivity contribution >= 4 is 17.2 Å². The van der Waals surface area contributed by atoms with Crippen molar-refractivity contribution in [3.63, 3.8) is 0 Å². The maximum absolute atomic E-state index is 11.8. The second-order valence-corrected chi connectivity index (χ2v) is 5.13. The third-order valence-corrected chi connectivity index (χ3v) is 3.22. The highest BCUT2D eigenvalue weighted by Gasteiger charge is 2.22. The molecule has 0 radical (unpaired) electrons. The highest BCUT2D eigenvalue weighted by Crippen LogP contribution is 2.24. The molecule has 0 saturated carbocycles. The molecule has 1 heterocycles. The van der Waals surface area contributed by atoms with E-state index in [1.54, 1.807) is 7.05 Å². The molecule has 16 heavy (non-hydrogen) atoms. The van der Waals surface area contributed by atoms with Crippen LogP contribution < -0.4 is 0 Å². The average molecular weight is 236 g/mol. The van der Waals surface area contributed by atoms with Gasteiger partial charge in [0, 0.05) is 18.3 Å². The molecule has 1 rings (SSSR count). The van der Waals surface area contributed by atoms with Crippen LogP contribution in [0.2, 0.25) is 0 Å². The predicted molar refractivity (Wildman–Crippen MR) is 64.9 cm³/mol. The van der Waals surface area contributed by atoms with Crippen molar-refractivity contribution in [3.05, 3.63) is 22.4 Å². The summed E-state index contributed by atoms with van der Waals surface area (Å²) in [4.78, 5) is 14.3. The van der Waals surface area contributed by atoms with Gasteiger partial charge in [-0.1, -0.05) is 19.9 Å². The zero-order chi connectivity index (χ0) is 12.1. The second kappa shape index (κ2) is 5.66. The lowest BCUT2D eigenvalue weighted by Gasteiger charge is -2.22. The van der Waals surface area contributed by atoms with E-state index >= 15 is 0 Å². The number of hydrogen-bond acceptors (Lipinski definition) is 3. The molecule has 3 nitrogen and oxygen atoms in total. The summed E-state index contributed by atoms with van der Waals surface area (Å²) in [5, 5.41) is 11.0. The standard InChI is InChI=1S/C12H16N2OS/c1-9(2)7-12(15)14(3)10(8-13)11-5-4-6-16-11/h4-6,9-10H,7H2,1-3H3. The Labute approximate surface area is 100 Å². The van der Waals surface area contributed by atoms with Crippen molar-refractivity contribution in [2.75, 3.05) is 7.05 Å². The number of nitriles is 1. The van der Waals surface area contributed by atoms with Crippen molar-refractivity contribution in [1.29, 1.82) is 5.26 Å². The highest BCUT2D eigenvalue weighted by atomic mass is 32.1. The van der Waals surface area contributed by atoms with E-state index in [1.807, 2.05) is 31.4 Å². The number of thiophene rings is 1. The van der Waals surface area contributed by atoms with Crippen LogP contribution in [-0.4, -0.2) is 17.9 Å². The predicted octanol–water partition coefficient (Wildman–Crippen LogP) is 2.82. The minimum Gasteiger partial charge on any atom is -0.325 e. The van der Waals surface area contributed by atoms with Gasteiger partial charge in [0.2, 0.25) is 5.91 Å². The Balaban J connectivity index is 2.75. The van der Waals surface area contributed by atoms with Crippen LogP contribution in [0.25, 0.3) is 0 Å². The number of rotatable bonds is 4. The van der Waals surface area contributed by atoms with Crippen LogP contribution in [0.3, 0.4) is 0 Å². The summed E-state index contributed by atoms with van der Waals surface area (Å²) in [6, 6.07) is 5.50. The van der Waals surface area contributed by atoms with E-state index in [4.69, 9.17) is 5.26 Å². The van der Waals surface area contributed by atoms with E-state index in [9.17, 15) is 4.79 Å². The van der Waals surface area contributed by atoms with Crippen LogP contribution in [0.5, 0.6) is 0 Å². The van der Waals surface area contributed by atoms with Crippen LogP contribution in [0.4, 0.5) is 0 Å². The Morgan fingerprint density at radius 1 is 1.62 bits per heavy atom. The first-order valence-corrected chi connectivity index (χ1v) is 6.13. The third-order valence-electron chi connectivity index (χ3n) is 2.30. The van der Waals surface area contributed by atoms with Crippen molar-refractivity contribution in [2.45, 2.75) is 26.3 Å². The van der Waals surface area contributed by atoms with Gasteiger partial charge in [-0.05, 0) is 17.4 Å². The van der Waals surface area contributed by atoms with E-state index in [2.05, 4.69) is 6.07 Å². The van der Waals surface area contributed by atoms with Gasteiger partial charge in [0.05, 0.1) is 6.07 Å². The molecule has 0 aliphatic rings. The summed E-state index contributed by atoms with van der Waals surface area (Å²) >= 11 is 1.50. The van der Waals surface area contributed by atoms with E-state index in [-0.39, 0.29) is 5.91 Å². The molecule has 1 aromatic heterocycles.